The molecule has 0 saturated heterocycles. The van der Waals surface area contributed by atoms with Crippen LogP contribution >= 0.6 is 0 Å². The van der Waals surface area contributed by atoms with Crippen LogP contribution in [-0.2, 0) is 14.3 Å². The lowest BCUT2D eigenvalue weighted by atomic mass is 10.1. The Labute approximate surface area is 122 Å². The van der Waals surface area contributed by atoms with Gasteiger partial charge in [-0.1, -0.05) is 0 Å². The van der Waals surface area contributed by atoms with Gasteiger partial charge in [-0.25, -0.2) is 9.59 Å². The Morgan fingerprint density at radius 3 is 2.43 bits per heavy atom. The summed E-state index contributed by atoms with van der Waals surface area (Å²) in [6.07, 6.45) is -1.03. The van der Waals surface area contributed by atoms with E-state index in [1.807, 2.05) is 0 Å². The molecule has 7 nitrogen and oxygen atoms in total. The first-order valence-electron chi connectivity index (χ1n) is 6.33. The normalized spacial score (nSPS) is 11.4. The zero-order valence-electron chi connectivity index (χ0n) is 12.5. The first-order chi connectivity index (χ1) is 9.94. The van der Waals surface area contributed by atoms with Crippen LogP contribution in [0.15, 0.2) is 12.1 Å². The molecule has 116 valence electrons. The van der Waals surface area contributed by atoms with E-state index in [0.717, 1.165) is 0 Å². The molecule has 1 aromatic rings. The number of hydrogen-bond acceptors (Lipinski definition) is 7. The summed E-state index contributed by atoms with van der Waals surface area (Å²) in [6.45, 7) is 3.29. The van der Waals surface area contributed by atoms with Crippen LogP contribution in [0.4, 0.5) is 5.69 Å². The number of esters is 2. The minimum Gasteiger partial charge on any atom is -0.497 e. The Kier molecular flexibility index (Phi) is 5.83. The maximum atomic E-state index is 12.1. The van der Waals surface area contributed by atoms with Gasteiger partial charge in [0.15, 0.2) is 6.10 Å². The largest absolute Gasteiger partial charge is 0.497 e. The Morgan fingerprint density at radius 1 is 1.24 bits per heavy atom. The third-order valence-electron chi connectivity index (χ3n) is 2.69. The number of methoxy groups -OCH3 is 2. The molecule has 0 radical (unpaired) electrons. The second-order valence-corrected chi connectivity index (χ2v) is 4.09. The van der Waals surface area contributed by atoms with Gasteiger partial charge in [-0.15, -0.1) is 0 Å². The quantitative estimate of drug-likeness (QED) is 0.626. The van der Waals surface area contributed by atoms with E-state index in [9.17, 15) is 9.59 Å². The van der Waals surface area contributed by atoms with Gasteiger partial charge in [0, 0.05) is 6.07 Å². The van der Waals surface area contributed by atoms with Crippen molar-refractivity contribution in [3.8, 4) is 11.5 Å². The molecule has 1 rings (SSSR count). The maximum Gasteiger partial charge on any atom is 0.347 e. The molecule has 0 bridgehead atoms. The molecule has 0 heterocycles. The van der Waals surface area contributed by atoms with Crippen molar-refractivity contribution in [1.82, 2.24) is 0 Å². The van der Waals surface area contributed by atoms with E-state index in [0.29, 0.717) is 5.75 Å². The fourth-order valence-corrected chi connectivity index (χ4v) is 1.59. The lowest BCUT2D eigenvalue weighted by Gasteiger charge is -2.15. The molecule has 0 saturated carbocycles. The first kappa shape index (κ1) is 16.6. The van der Waals surface area contributed by atoms with Crippen LogP contribution in [0.3, 0.4) is 0 Å². The molecule has 0 aliphatic carbocycles. The minimum absolute atomic E-state index is 0.0577. The summed E-state index contributed by atoms with van der Waals surface area (Å²) < 4.78 is 19.9. The van der Waals surface area contributed by atoms with E-state index < -0.39 is 18.0 Å². The van der Waals surface area contributed by atoms with Crippen molar-refractivity contribution in [2.75, 3.05) is 26.6 Å². The molecule has 0 aromatic heterocycles. The van der Waals surface area contributed by atoms with Gasteiger partial charge < -0.3 is 24.7 Å². The topological polar surface area (TPSA) is 97.1 Å². The standard InChI is InChI=1S/C14H19NO6/c1-5-20-13(16)8(2)21-14(17)10-6-9(18-3)7-11(19-4)12(10)15/h6-8H,5,15H2,1-4H3. The lowest BCUT2D eigenvalue weighted by Crippen LogP contribution is -2.26. The van der Waals surface area contributed by atoms with Crippen LogP contribution in [0.5, 0.6) is 11.5 Å². The van der Waals surface area contributed by atoms with Gasteiger partial charge in [-0.2, -0.15) is 0 Å². The van der Waals surface area contributed by atoms with Gasteiger partial charge in [0.05, 0.1) is 32.1 Å². The van der Waals surface area contributed by atoms with Gasteiger partial charge in [-0.3, -0.25) is 0 Å². The van der Waals surface area contributed by atoms with Crippen molar-refractivity contribution in [3.05, 3.63) is 17.7 Å². The van der Waals surface area contributed by atoms with Crippen molar-refractivity contribution >= 4 is 17.6 Å². The summed E-state index contributed by atoms with van der Waals surface area (Å²) in [5.74, 6) is -0.716. The minimum atomic E-state index is -1.03. The van der Waals surface area contributed by atoms with Gasteiger partial charge in [0.2, 0.25) is 0 Å². The molecule has 0 aliphatic rings. The molecular weight excluding hydrogens is 278 g/mol. The highest BCUT2D eigenvalue weighted by atomic mass is 16.6. The smallest absolute Gasteiger partial charge is 0.347 e. The first-order valence-corrected chi connectivity index (χ1v) is 6.33. The third kappa shape index (κ3) is 4.01. The van der Waals surface area contributed by atoms with Crippen molar-refractivity contribution in [2.24, 2.45) is 0 Å². The molecule has 0 amide bonds. The molecule has 1 atom stereocenters. The number of benzene rings is 1. The zero-order chi connectivity index (χ0) is 16.0. The van der Waals surface area contributed by atoms with Crippen LogP contribution in [0.1, 0.15) is 24.2 Å². The zero-order valence-corrected chi connectivity index (χ0v) is 12.5. The number of hydrogen-bond donors (Lipinski definition) is 1. The highest BCUT2D eigenvalue weighted by Gasteiger charge is 2.23. The number of nitrogens with two attached hydrogens (primary N) is 1. The van der Waals surface area contributed by atoms with Crippen molar-refractivity contribution in [3.63, 3.8) is 0 Å². The fourth-order valence-electron chi connectivity index (χ4n) is 1.59. The van der Waals surface area contributed by atoms with E-state index in [2.05, 4.69) is 0 Å². The molecule has 21 heavy (non-hydrogen) atoms. The summed E-state index contributed by atoms with van der Waals surface area (Å²) in [5, 5.41) is 0. The lowest BCUT2D eigenvalue weighted by molar-refractivity contribution is -0.152. The predicted octanol–water partition coefficient (Wildman–Crippen LogP) is 1.39. The van der Waals surface area contributed by atoms with Gasteiger partial charge >= 0.3 is 11.9 Å². The van der Waals surface area contributed by atoms with Crippen molar-refractivity contribution in [2.45, 2.75) is 20.0 Å². The van der Waals surface area contributed by atoms with E-state index >= 15 is 0 Å². The number of ether oxygens (including phenoxy) is 4. The predicted molar refractivity (Wildman–Crippen MR) is 75.5 cm³/mol. The number of nitrogen functional groups attached to an aromatic ring is 1. The molecule has 2 N–H and O–H groups in total. The fraction of sp³-hybridized carbons (Fsp3) is 0.429. The number of carbonyl (C=O) groups is 2. The summed E-state index contributed by atoms with van der Waals surface area (Å²) in [5.41, 5.74) is 6.00. The van der Waals surface area contributed by atoms with E-state index in [-0.39, 0.29) is 23.6 Å². The molecule has 0 aliphatic heterocycles. The Bertz CT molecular complexity index is 528. The Balaban J connectivity index is 2.99. The number of rotatable bonds is 6. The molecule has 0 spiro atoms. The summed E-state index contributed by atoms with van der Waals surface area (Å²) in [7, 11) is 2.86. The summed E-state index contributed by atoms with van der Waals surface area (Å²) in [4.78, 5) is 23.6. The number of anilines is 1. The van der Waals surface area contributed by atoms with Crippen molar-refractivity contribution < 1.29 is 28.5 Å². The maximum absolute atomic E-state index is 12.1. The summed E-state index contributed by atoms with van der Waals surface area (Å²) >= 11 is 0. The molecule has 0 fully saturated rings. The van der Waals surface area contributed by atoms with E-state index in [4.69, 9.17) is 24.7 Å². The SMILES string of the molecule is CCOC(=O)C(C)OC(=O)c1cc(OC)cc(OC)c1N. The molecular formula is C14H19NO6. The second-order valence-electron chi connectivity index (χ2n) is 4.09. The van der Waals surface area contributed by atoms with Crippen LogP contribution < -0.4 is 15.2 Å². The van der Waals surface area contributed by atoms with Gasteiger partial charge in [-0.05, 0) is 19.9 Å². The average molecular weight is 297 g/mol. The third-order valence-corrected chi connectivity index (χ3v) is 2.69. The number of carbonyl (C=O) groups excluding carboxylic acids is 2. The van der Waals surface area contributed by atoms with Gasteiger partial charge in [0.1, 0.15) is 11.5 Å². The molecule has 1 aromatic carbocycles. The molecule has 1 unspecified atom stereocenters. The Morgan fingerprint density at radius 2 is 1.90 bits per heavy atom. The summed E-state index contributed by atoms with van der Waals surface area (Å²) in [6, 6.07) is 2.96. The van der Waals surface area contributed by atoms with Crippen LogP contribution in [0.25, 0.3) is 0 Å². The van der Waals surface area contributed by atoms with Gasteiger partial charge in [0.25, 0.3) is 0 Å². The van der Waals surface area contributed by atoms with Crippen LogP contribution in [-0.4, -0.2) is 38.9 Å². The van der Waals surface area contributed by atoms with Crippen molar-refractivity contribution in [1.29, 1.82) is 0 Å². The molecule has 7 heteroatoms. The van der Waals surface area contributed by atoms with Crippen LogP contribution in [0, 0.1) is 0 Å². The van der Waals surface area contributed by atoms with E-state index in [1.165, 1.54) is 27.2 Å². The Hall–Kier alpha value is -2.44. The monoisotopic (exact) mass is 297 g/mol. The highest BCUT2D eigenvalue weighted by molar-refractivity contribution is 5.98. The van der Waals surface area contributed by atoms with Crippen LogP contribution in [0.2, 0.25) is 0 Å². The highest BCUT2D eigenvalue weighted by Crippen LogP contribution is 2.31. The average Bonchev–Trinajstić information content (AvgIpc) is 2.47. The second kappa shape index (κ2) is 7.37. The van der Waals surface area contributed by atoms with E-state index in [1.54, 1.807) is 13.0 Å².